The molecule has 8 nitrogen and oxygen atoms in total. The summed E-state index contributed by atoms with van der Waals surface area (Å²) < 4.78 is 51.1. The lowest BCUT2D eigenvalue weighted by Gasteiger charge is -2.15. The molecule has 0 spiro atoms. The van der Waals surface area contributed by atoms with Crippen molar-refractivity contribution in [3.63, 3.8) is 0 Å². The lowest BCUT2D eigenvalue weighted by molar-refractivity contribution is 0.605. The van der Waals surface area contributed by atoms with E-state index in [1.807, 2.05) is 24.3 Å². The monoisotopic (exact) mass is 456 g/mol. The first-order chi connectivity index (χ1) is 14.6. The first-order valence-electron chi connectivity index (χ1n) is 9.23. The van der Waals surface area contributed by atoms with Gasteiger partial charge in [0.25, 0.3) is 0 Å². The number of rotatable bonds is 6. The molecule has 1 aromatic heterocycles. The number of nitrogens with one attached hydrogen (secondary N) is 3. The maximum Gasteiger partial charge on any atom is 0.229 e. The second-order valence-corrected chi connectivity index (χ2v) is 10.7. The van der Waals surface area contributed by atoms with Gasteiger partial charge in [-0.1, -0.05) is 18.2 Å². The van der Waals surface area contributed by atoms with E-state index in [4.69, 9.17) is 0 Å². The average Bonchev–Trinajstić information content (AvgIpc) is 2.67. The number of sulfonamides is 2. The number of fused-ring (bicyclic) bond motifs is 2. The third kappa shape index (κ3) is 5.04. The van der Waals surface area contributed by atoms with E-state index in [2.05, 4.69) is 19.7 Å². The Morgan fingerprint density at radius 3 is 1.87 bits per heavy atom. The molecule has 10 heteroatoms. The molecule has 31 heavy (non-hydrogen) atoms. The summed E-state index contributed by atoms with van der Waals surface area (Å²) >= 11 is 0. The topological polar surface area (TPSA) is 117 Å². The first-order valence-corrected chi connectivity index (χ1v) is 13.0. The smallest absolute Gasteiger partial charge is 0.229 e. The van der Waals surface area contributed by atoms with Crippen LogP contribution in [0.3, 0.4) is 0 Å². The van der Waals surface area contributed by atoms with Crippen molar-refractivity contribution in [1.82, 2.24) is 4.98 Å². The third-order valence-electron chi connectivity index (χ3n) is 4.44. The van der Waals surface area contributed by atoms with E-state index in [-0.39, 0.29) is 0 Å². The van der Waals surface area contributed by atoms with Crippen LogP contribution in [0.2, 0.25) is 0 Å². The standard InChI is InChI=1S/C21H20N4O4S2/c1-30(26,27)24-15-9-7-14(8-10-15)22-21-17-5-3-4-6-19(17)23-20-12-11-16(13-18(20)21)25-31(2,28)29/h3-13,24-25H,1-2H3,(H,22,23). The minimum Gasteiger partial charge on any atom is -0.354 e. The summed E-state index contributed by atoms with van der Waals surface area (Å²) in [5.41, 5.74) is 3.88. The van der Waals surface area contributed by atoms with Crippen molar-refractivity contribution in [3.05, 3.63) is 66.7 Å². The molecule has 3 aromatic carbocycles. The Morgan fingerprint density at radius 1 is 0.645 bits per heavy atom. The van der Waals surface area contributed by atoms with Crippen LogP contribution >= 0.6 is 0 Å². The normalized spacial score (nSPS) is 12.1. The number of hydrogen-bond donors (Lipinski definition) is 3. The van der Waals surface area contributed by atoms with Crippen LogP contribution in [0.4, 0.5) is 22.7 Å². The SMILES string of the molecule is CS(=O)(=O)Nc1ccc(Nc2c3ccccc3nc3ccc(NS(C)(=O)=O)cc23)cc1. The molecule has 0 aliphatic rings. The molecule has 0 amide bonds. The predicted molar refractivity (Wildman–Crippen MR) is 126 cm³/mol. The van der Waals surface area contributed by atoms with E-state index < -0.39 is 20.0 Å². The third-order valence-corrected chi connectivity index (χ3v) is 5.65. The van der Waals surface area contributed by atoms with Gasteiger partial charge in [-0.15, -0.1) is 0 Å². The number of benzene rings is 3. The fourth-order valence-electron chi connectivity index (χ4n) is 3.28. The van der Waals surface area contributed by atoms with Gasteiger partial charge in [0.15, 0.2) is 0 Å². The van der Waals surface area contributed by atoms with Gasteiger partial charge in [-0.25, -0.2) is 21.8 Å². The minimum absolute atomic E-state index is 0.433. The summed E-state index contributed by atoms with van der Waals surface area (Å²) in [5.74, 6) is 0. The van der Waals surface area contributed by atoms with Gasteiger partial charge in [0.2, 0.25) is 20.0 Å². The highest BCUT2D eigenvalue weighted by Crippen LogP contribution is 2.35. The summed E-state index contributed by atoms with van der Waals surface area (Å²) in [6, 6.07) is 19.6. The Balaban J connectivity index is 1.82. The molecule has 0 radical (unpaired) electrons. The highest BCUT2D eigenvalue weighted by molar-refractivity contribution is 7.92. The number of aromatic nitrogens is 1. The van der Waals surface area contributed by atoms with Crippen LogP contribution in [-0.2, 0) is 20.0 Å². The van der Waals surface area contributed by atoms with Gasteiger partial charge < -0.3 is 5.32 Å². The summed E-state index contributed by atoms with van der Waals surface area (Å²) in [5, 5.41) is 4.98. The molecule has 0 aliphatic heterocycles. The van der Waals surface area contributed by atoms with Crippen LogP contribution in [-0.4, -0.2) is 34.3 Å². The molecule has 0 saturated heterocycles. The van der Waals surface area contributed by atoms with E-state index >= 15 is 0 Å². The number of pyridine rings is 1. The average molecular weight is 457 g/mol. The molecular weight excluding hydrogens is 436 g/mol. The van der Waals surface area contributed by atoms with Crippen molar-refractivity contribution in [1.29, 1.82) is 0 Å². The first kappa shape index (κ1) is 20.9. The fraction of sp³-hybridized carbons (Fsp3) is 0.0952. The van der Waals surface area contributed by atoms with Gasteiger partial charge in [0, 0.05) is 27.8 Å². The largest absolute Gasteiger partial charge is 0.354 e. The maximum absolute atomic E-state index is 11.7. The van der Waals surface area contributed by atoms with Gasteiger partial charge in [-0.2, -0.15) is 0 Å². The van der Waals surface area contributed by atoms with E-state index in [0.717, 1.165) is 40.2 Å². The Bertz CT molecular complexity index is 1500. The molecule has 4 aromatic rings. The van der Waals surface area contributed by atoms with Crippen LogP contribution in [0.15, 0.2) is 66.7 Å². The van der Waals surface area contributed by atoms with Gasteiger partial charge in [0.1, 0.15) is 0 Å². The fourth-order valence-corrected chi connectivity index (χ4v) is 4.40. The predicted octanol–water partition coefficient (Wildman–Crippen LogP) is 3.87. The van der Waals surface area contributed by atoms with Gasteiger partial charge in [0.05, 0.1) is 29.2 Å². The molecule has 0 saturated carbocycles. The number of hydrogen-bond acceptors (Lipinski definition) is 6. The van der Waals surface area contributed by atoms with E-state index in [1.165, 1.54) is 0 Å². The molecule has 0 atom stereocenters. The molecule has 160 valence electrons. The molecule has 0 fully saturated rings. The Labute approximate surface area is 180 Å². The van der Waals surface area contributed by atoms with Gasteiger partial charge in [-0.3, -0.25) is 9.44 Å². The minimum atomic E-state index is -3.43. The summed E-state index contributed by atoms with van der Waals surface area (Å²) in [4.78, 5) is 4.68. The second kappa shape index (κ2) is 7.71. The zero-order valence-corrected chi connectivity index (χ0v) is 18.4. The van der Waals surface area contributed by atoms with Crippen LogP contribution < -0.4 is 14.8 Å². The molecule has 0 unspecified atom stereocenters. The Hall–Kier alpha value is -3.37. The van der Waals surface area contributed by atoms with Crippen molar-refractivity contribution < 1.29 is 16.8 Å². The second-order valence-electron chi connectivity index (χ2n) is 7.19. The molecule has 1 heterocycles. The van der Waals surface area contributed by atoms with Crippen LogP contribution in [0.25, 0.3) is 21.8 Å². The van der Waals surface area contributed by atoms with Crippen LogP contribution in [0.1, 0.15) is 0 Å². The number of nitrogens with zero attached hydrogens (tertiary/aromatic N) is 1. The Kier molecular flexibility index (Phi) is 5.19. The van der Waals surface area contributed by atoms with E-state index in [0.29, 0.717) is 16.9 Å². The zero-order valence-electron chi connectivity index (χ0n) is 16.7. The van der Waals surface area contributed by atoms with Gasteiger partial charge in [-0.05, 0) is 48.5 Å². The van der Waals surface area contributed by atoms with E-state index in [1.54, 1.807) is 42.5 Å². The molecular formula is C21H20N4O4S2. The van der Waals surface area contributed by atoms with Crippen LogP contribution in [0, 0.1) is 0 Å². The molecule has 0 bridgehead atoms. The summed E-state index contributed by atoms with van der Waals surface area (Å²) in [7, 11) is -6.79. The number of anilines is 4. The lowest BCUT2D eigenvalue weighted by Crippen LogP contribution is -2.09. The molecule has 3 N–H and O–H groups in total. The number of para-hydroxylation sites is 1. The van der Waals surface area contributed by atoms with Gasteiger partial charge >= 0.3 is 0 Å². The summed E-state index contributed by atoms with van der Waals surface area (Å²) in [6.07, 6.45) is 2.19. The Morgan fingerprint density at radius 2 is 1.19 bits per heavy atom. The quantitative estimate of drug-likeness (QED) is 0.379. The van der Waals surface area contributed by atoms with Crippen molar-refractivity contribution >= 4 is 64.6 Å². The lowest BCUT2D eigenvalue weighted by atomic mass is 10.1. The molecule has 0 aliphatic carbocycles. The maximum atomic E-state index is 11.7. The van der Waals surface area contributed by atoms with Crippen molar-refractivity contribution in [2.24, 2.45) is 0 Å². The highest BCUT2D eigenvalue weighted by atomic mass is 32.2. The van der Waals surface area contributed by atoms with Crippen LogP contribution in [0.5, 0.6) is 0 Å². The van der Waals surface area contributed by atoms with Crippen molar-refractivity contribution in [2.75, 3.05) is 27.3 Å². The molecule has 4 rings (SSSR count). The van der Waals surface area contributed by atoms with Crippen molar-refractivity contribution in [2.45, 2.75) is 0 Å². The zero-order chi connectivity index (χ0) is 22.2. The highest BCUT2D eigenvalue weighted by Gasteiger charge is 2.12. The summed E-state index contributed by atoms with van der Waals surface area (Å²) in [6.45, 7) is 0. The van der Waals surface area contributed by atoms with E-state index in [9.17, 15) is 16.8 Å². The van der Waals surface area contributed by atoms with Crippen molar-refractivity contribution in [3.8, 4) is 0 Å².